The Bertz CT molecular complexity index is 2450. The number of halogens is 1. The Balaban J connectivity index is 0.000000546. The molecule has 2 atom stereocenters. The van der Waals surface area contributed by atoms with Crippen molar-refractivity contribution in [3.05, 3.63) is 168 Å². The molecule has 88 heavy (non-hydrogen) atoms. The van der Waals surface area contributed by atoms with Gasteiger partial charge in [-0.05, 0) is 46.5 Å². The first kappa shape index (κ1) is 82.4. The number of para-hydroxylation sites is 8. The van der Waals surface area contributed by atoms with E-state index in [1.165, 1.54) is 36.7 Å². The molecule has 0 bridgehead atoms. The van der Waals surface area contributed by atoms with Crippen molar-refractivity contribution in [2.24, 2.45) is 9.98 Å². The second-order valence-electron chi connectivity index (χ2n) is 18.3. The maximum atomic E-state index is 13.5. The molecule has 2 aliphatic rings. The van der Waals surface area contributed by atoms with Crippen molar-refractivity contribution < 1.29 is 245 Å². The van der Waals surface area contributed by atoms with Crippen molar-refractivity contribution >= 4 is 35.2 Å². The number of anilines is 2. The fraction of sp³-hybridized carbons (Fsp3) is 0.406. The van der Waals surface area contributed by atoms with Crippen LogP contribution >= 0.6 is 0 Å². The van der Waals surface area contributed by atoms with Crippen molar-refractivity contribution in [3.63, 3.8) is 0 Å². The van der Waals surface area contributed by atoms with Crippen molar-refractivity contribution in [1.82, 2.24) is 0 Å². The zero-order chi connectivity index (χ0) is 58.8. The molecular formula is C64H78IK2N4NdO16. The van der Waals surface area contributed by atoms with Crippen LogP contribution < -0.4 is 158 Å². The Hall–Kier alpha value is -1.67. The summed E-state index contributed by atoms with van der Waals surface area (Å²) in [4.78, 5) is 9.24. The molecule has 0 spiro atoms. The van der Waals surface area contributed by atoms with Crippen LogP contribution in [0.15, 0.2) is 156 Å². The molecule has 2 fully saturated rings. The first-order chi connectivity index (χ1) is 41.5. The van der Waals surface area contributed by atoms with Crippen LogP contribution in [0, 0.1) is 40.8 Å². The topological polar surface area (TPSA) is 252 Å². The van der Waals surface area contributed by atoms with E-state index < -0.39 is 12.1 Å². The summed E-state index contributed by atoms with van der Waals surface area (Å²) in [7, 11) is 0. The number of benzene rings is 6. The van der Waals surface area contributed by atoms with Crippen LogP contribution in [0.4, 0.5) is 22.7 Å². The van der Waals surface area contributed by atoms with Crippen molar-refractivity contribution in [2.45, 2.75) is 12.1 Å². The van der Waals surface area contributed by atoms with E-state index in [9.17, 15) is 20.4 Å². The van der Waals surface area contributed by atoms with Crippen LogP contribution in [0.2, 0.25) is 0 Å². The molecule has 2 heterocycles. The summed E-state index contributed by atoms with van der Waals surface area (Å²) in [5.74, 6) is -0.739. The number of ether oxygens (including phenoxy) is 12. The van der Waals surface area contributed by atoms with Gasteiger partial charge < -0.3 is 112 Å². The maximum absolute atomic E-state index is 13.5. The average molecular weight is 1510 g/mol. The van der Waals surface area contributed by atoms with Crippen LogP contribution in [0.3, 0.4) is 0 Å². The Morgan fingerprint density at radius 3 is 0.739 bits per heavy atom. The predicted octanol–water partition coefficient (Wildman–Crippen LogP) is -2.30. The molecule has 0 unspecified atom stereocenters. The average Bonchev–Trinajstić information content (AvgIpc) is 1.19. The van der Waals surface area contributed by atoms with Gasteiger partial charge >= 0.3 is 144 Å². The first-order valence-corrected chi connectivity index (χ1v) is 28.2. The second kappa shape index (κ2) is 53.7. The van der Waals surface area contributed by atoms with Gasteiger partial charge in [-0.3, -0.25) is 9.98 Å². The number of nitrogens with zero attached hydrogens (tertiary/aromatic N) is 2. The molecule has 0 aliphatic carbocycles. The monoisotopic (exact) mass is 1510 g/mol. The number of rotatable bonds is 11. The predicted molar refractivity (Wildman–Crippen MR) is 313 cm³/mol. The van der Waals surface area contributed by atoms with Gasteiger partial charge in [-0.15, -0.1) is 23.0 Å². The molecule has 24 heteroatoms. The fourth-order valence-electron chi connectivity index (χ4n) is 8.00. The van der Waals surface area contributed by atoms with E-state index in [0.717, 1.165) is 0 Å². The van der Waals surface area contributed by atoms with Gasteiger partial charge in [0.25, 0.3) is 0 Å². The molecule has 6 aromatic rings. The third-order valence-corrected chi connectivity index (χ3v) is 12.3. The van der Waals surface area contributed by atoms with Gasteiger partial charge in [0.15, 0.2) is 0 Å². The Kier molecular flexibility index (Phi) is 50.3. The van der Waals surface area contributed by atoms with E-state index in [1.54, 1.807) is 84.9 Å². The summed E-state index contributed by atoms with van der Waals surface area (Å²) in [6.07, 6.45) is 3.02. The van der Waals surface area contributed by atoms with Gasteiger partial charge in [0.05, 0.1) is 193 Å². The molecular weight excluding hydrogens is 1430 g/mol. The molecule has 20 nitrogen and oxygen atoms in total. The summed E-state index contributed by atoms with van der Waals surface area (Å²) < 4.78 is 63.9. The van der Waals surface area contributed by atoms with Crippen LogP contribution in [-0.2, 0) is 56.8 Å². The van der Waals surface area contributed by atoms with Crippen LogP contribution in [0.1, 0.15) is 34.3 Å². The van der Waals surface area contributed by atoms with Crippen molar-refractivity contribution in [2.75, 3.05) is 169 Å². The molecule has 6 aromatic carbocycles. The molecule has 0 amide bonds. The molecule has 0 saturated carbocycles. The van der Waals surface area contributed by atoms with E-state index in [4.69, 9.17) is 56.8 Å². The van der Waals surface area contributed by atoms with Gasteiger partial charge in [0.1, 0.15) is 0 Å². The quantitative estimate of drug-likeness (QED) is 0.0786. The zero-order valence-electron chi connectivity index (χ0n) is 50.4. The third kappa shape index (κ3) is 34.5. The molecule has 463 valence electrons. The van der Waals surface area contributed by atoms with Gasteiger partial charge in [-0.2, -0.15) is 0 Å². The smallest absolute Gasteiger partial charge is 1.00 e. The Morgan fingerprint density at radius 1 is 0.295 bits per heavy atom. The van der Waals surface area contributed by atoms with Gasteiger partial charge in [0, 0.05) is 12.4 Å². The standard InChI is InChI=1S/C40H34N4O4.2C12H24O6.HI.2K.Nd/c45-35-21-9-1-13-27(35)25-41-31-17-5-7-19-33(31)43-39(29-15-3-11-23-37(29)47)40(30-16-4-12-24-38(30)48)44-34-20-8-6-18-32(34)42-26-28-14-2-10-22-36(28)46;2*1-2-14-5-6-16-9-10-18-12-11-17-8-7-15-4-3-13-1;;;;/h1-26,39-40,43-48H;2*1-12H2;1H;;;/q;;;;2*+1;+3/p-5/t39-,40-;;;;;;/m1....../s1. The van der Waals surface area contributed by atoms with E-state index in [1.807, 2.05) is 36.4 Å². The van der Waals surface area contributed by atoms with Gasteiger partial charge in [-0.25, -0.2) is 0 Å². The Morgan fingerprint density at radius 2 is 0.500 bits per heavy atom. The van der Waals surface area contributed by atoms with E-state index in [-0.39, 0.29) is 191 Å². The van der Waals surface area contributed by atoms with Crippen LogP contribution in [0.25, 0.3) is 0 Å². The fourth-order valence-corrected chi connectivity index (χ4v) is 8.00. The molecule has 8 rings (SSSR count). The van der Waals surface area contributed by atoms with E-state index in [2.05, 4.69) is 20.6 Å². The van der Waals surface area contributed by atoms with Crippen molar-refractivity contribution in [1.29, 1.82) is 0 Å². The molecule has 1 radical (unpaired) electrons. The summed E-state index contributed by atoms with van der Waals surface area (Å²) >= 11 is 0. The van der Waals surface area contributed by atoms with Gasteiger partial charge in [-0.1, -0.05) is 121 Å². The second-order valence-corrected chi connectivity index (χ2v) is 18.3. The number of hydrogen-bond donors (Lipinski definition) is 2. The van der Waals surface area contributed by atoms with E-state index in [0.29, 0.717) is 204 Å². The molecule has 0 aromatic heterocycles. The van der Waals surface area contributed by atoms with Crippen LogP contribution in [-0.4, -0.2) is 171 Å². The summed E-state index contributed by atoms with van der Waals surface area (Å²) in [6.45, 7) is 14.1. The van der Waals surface area contributed by atoms with Crippen molar-refractivity contribution in [3.8, 4) is 23.0 Å². The molecule has 2 aliphatic heterocycles. The molecule has 2 saturated heterocycles. The minimum Gasteiger partial charge on any atom is -1.00 e. The van der Waals surface area contributed by atoms with Crippen LogP contribution in [0.5, 0.6) is 23.0 Å². The van der Waals surface area contributed by atoms with E-state index >= 15 is 0 Å². The first-order valence-electron chi connectivity index (χ1n) is 28.2. The number of hydrogen-bond acceptors (Lipinski definition) is 20. The molecule has 2 N–H and O–H groups in total. The normalized spacial score (nSPS) is 16.7. The number of nitrogens with one attached hydrogen (secondary N) is 2. The Labute approximate surface area is 652 Å². The minimum absolute atomic E-state index is 0. The zero-order valence-corrected chi connectivity index (χ0v) is 62.1. The third-order valence-electron chi connectivity index (χ3n) is 12.3. The number of aliphatic imine (C=N–C) groups is 2. The van der Waals surface area contributed by atoms with Gasteiger partial charge in [0.2, 0.25) is 0 Å². The maximum Gasteiger partial charge on any atom is 3.00 e. The SMILES string of the molecule is C1COCCOCCOCCOCCOCCO1.C1COCCOCCOCCOCCOCCO1.[I-].[K+].[K+].[Nd+3].[O-]c1ccccc1C=Nc1ccccc1N[C@H](c1ccccc1[O-])[C@H](Nc1ccccc1N=Cc1ccccc1[O-])c1ccccc1[O-]. The minimum atomic E-state index is -0.781. The summed E-state index contributed by atoms with van der Waals surface area (Å²) in [5.41, 5.74) is 3.94. The largest absolute Gasteiger partial charge is 3.00 e. The summed E-state index contributed by atoms with van der Waals surface area (Å²) in [6, 6.07) is 39.6. The summed E-state index contributed by atoms with van der Waals surface area (Å²) in [5, 5.41) is 58.6.